The largest absolute Gasteiger partial charge is 0.506 e. The molecule has 6 heteroatoms. The van der Waals surface area contributed by atoms with E-state index in [2.05, 4.69) is 47.5 Å². The molecule has 2 N–H and O–H groups in total. The second-order valence-electron chi connectivity index (χ2n) is 7.54. The van der Waals surface area contributed by atoms with Gasteiger partial charge in [-0.05, 0) is 62.1 Å². The molecule has 0 unspecified atom stereocenters. The summed E-state index contributed by atoms with van der Waals surface area (Å²) in [5.41, 5.74) is 7.56. The van der Waals surface area contributed by atoms with Gasteiger partial charge in [0, 0.05) is 26.2 Å². The Morgan fingerprint density at radius 3 is 2.21 bits per heavy atom. The van der Waals surface area contributed by atoms with Gasteiger partial charge in [-0.2, -0.15) is 0 Å². The normalized spacial score (nSPS) is 14.8. The maximum atomic E-state index is 9.39. The van der Waals surface area contributed by atoms with Gasteiger partial charge in [-0.25, -0.2) is 9.97 Å². The first-order valence-corrected chi connectivity index (χ1v) is 10.5. The fourth-order valence-corrected chi connectivity index (χ4v) is 3.88. The van der Waals surface area contributed by atoms with Crippen LogP contribution in [0.4, 0.5) is 5.82 Å². The minimum Gasteiger partial charge on any atom is -0.506 e. The van der Waals surface area contributed by atoms with Crippen molar-refractivity contribution in [1.29, 1.82) is 0 Å². The molecule has 156 valence electrons. The van der Waals surface area contributed by atoms with Crippen LogP contribution in [0.2, 0.25) is 0 Å². The summed E-state index contributed by atoms with van der Waals surface area (Å²) in [6.45, 7) is 17.3. The average Bonchev–Trinajstić information content (AvgIpc) is 3.17. The van der Waals surface area contributed by atoms with Crippen molar-refractivity contribution < 1.29 is 5.11 Å². The molecule has 4 rings (SSSR count). The molecule has 0 saturated carbocycles. The summed E-state index contributed by atoms with van der Waals surface area (Å²) in [5, 5.41) is 9.39. The van der Waals surface area contributed by atoms with E-state index in [0.29, 0.717) is 0 Å². The molecule has 3 heterocycles. The molecule has 1 aliphatic rings. The van der Waals surface area contributed by atoms with Gasteiger partial charge in [0.1, 0.15) is 17.4 Å². The molecule has 1 fully saturated rings. The first-order valence-electron chi connectivity index (χ1n) is 10.5. The Bertz CT molecular complexity index is 924. The summed E-state index contributed by atoms with van der Waals surface area (Å²) in [5.74, 6) is 2.17. The zero-order chi connectivity index (χ0) is 21.1. The lowest BCUT2D eigenvalue weighted by atomic mass is 9.98. The molecule has 0 spiro atoms. The van der Waals surface area contributed by atoms with Gasteiger partial charge < -0.3 is 15.0 Å². The highest BCUT2D eigenvalue weighted by Crippen LogP contribution is 2.27. The van der Waals surface area contributed by atoms with Crippen LogP contribution in [-0.4, -0.2) is 51.1 Å². The van der Waals surface area contributed by atoms with E-state index in [-0.39, 0.29) is 5.75 Å². The fourth-order valence-electron chi connectivity index (χ4n) is 3.88. The lowest BCUT2D eigenvalue weighted by Crippen LogP contribution is -2.46. The summed E-state index contributed by atoms with van der Waals surface area (Å²) in [6, 6.07) is 3.57. The van der Waals surface area contributed by atoms with Crippen LogP contribution in [0.1, 0.15) is 41.9 Å². The standard InChI is InChI=1S/C21H27N5O.C2H6/c1-13-14(2)16(4)21-20(15(13)3)23-18(24-21)12-25-7-9-26(10-8-25)19-6-5-17(27)11-22-19;1-2/h5-6,11,27H,7-10,12H2,1-4H3,(H,23,24);1-2H3. The quantitative estimate of drug-likeness (QED) is 0.694. The molecule has 1 aromatic carbocycles. The number of pyridine rings is 1. The molecular weight excluding hydrogens is 362 g/mol. The zero-order valence-corrected chi connectivity index (χ0v) is 18.5. The van der Waals surface area contributed by atoms with Crippen LogP contribution in [0.3, 0.4) is 0 Å². The summed E-state index contributed by atoms with van der Waals surface area (Å²) >= 11 is 0. The highest BCUT2D eigenvalue weighted by atomic mass is 16.3. The number of hydrogen-bond acceptors (Lipinski definition) is 5. The Kier molecular flexibility index (Phi) is 6.42. The monoisotopic (exact) mass is 395 g/mol. The van der Waals surface area contributed by atoms with Crippen molar-refractivity contribution in [3.8, 4) is 5.75 Å². The van der Waals surface area contributed by atoms with E-state index < -0.39 is 0 Å². The van der Waals surface area contributed by atoms with Crippen molar-refractivity contribution in [2.45, 2.75) is 48.1 Å². The van der Waals surface area contributed by atoms with Crippen molar-refractivity contribution >= 4 is 16.9 Å². The lowest BCUT2D eigenvalue weighted by molar-refractivity contribution is 0.244. The topological polar surface area (TPSA) is 68.3 Å². The Hall–Kier alpha value is -2.60. The van der Waals surface area contributed by atoms with Crippen LogP contribution < -0.4 is 4.90 Å². The Labute approximate surface area is 173 Å². The van der Waals surface area contributed by atoms with Crippen LogP contribution in [0.15, 0.2) is 18.3 Å². The first-order chi connectivity index (χ1) is 13.9. The van der Waals surface area contributed by atoms with Crippen LogP contribution >= 0.6 is 0 Å². The number of benzene rings is 1. The lowest BCUT2D eigenvalue weighted by Gasteiger charge is -2.34. The molecule has 1 saturated heterocycles. The minimum atomic E-state index is 0.207. The molecule has 29 heavy (non-hydrogen) atoms. The number of rotatable bonds is 3. The van der Waals surface area contributed by atoms with Crippen LogP contribution in [0.5, 0.6) is 5.75 Å². The minimum absolute atomic E-state index is 0.207. The van der Waals surface area contributed by atoms with Crippen LogP contribution in [-0.2, 0) is 6.54 Å². The molecule has 0 aliphatic carbocycles. The van der Waals surface area contributed by atoms with Gasteiger partial charge in [0.2, 0.25) is 0 Å². The van der Waals surface area contributed by atoms with Gasteiger partial charge in [-0.15, -0.1) is 0 Å². The number of piperazine rings is 1. The van der Waals surface area contributed by atoms with Gasteiger partial charge in [-0.3, -0.25) is 4.90 Å². The van der Waals surface area contributed by atoms with Crippen LogP contribution in [0.25, 0.3) is 11.0 Å². The highest BCUT2D eigenvalue weighted by molar-refractivity contribution is 5.84. The smallest absolute Gasteiger partial charge is 0.134 e. The van der Waals surface area contributed by atoms with Crippen molar-refractivity contribution in [3.63, 3.8) is 0 Å². The summed E-state index contributed by atoms with van der Waals surface area (Å²) < 4.78 is 0. The molecule has 2 aromatic heterocycles. The summed E-state index contributed by atoms with van der Waals surface area (Å²) in [7, 11) is 0. The maximum absolute atomic E-state index is 9.39. The Morgan fingerprint density at radius 2 is 1.59 bits per heavy atom. The number of H-pyrrole nitrogens is 1. The first kappa shape index (κ1) is 21.1. The summed E-state index contributed by atoms with van der Waals surface area (Å²) in [6.07, 6.45) is 1.50. The number of nitrogens with zero attached hydrogens (tertiary/aromatic N) is 4. The number of fused-ring (bicyclic) bond motifs is 1. The Morgan fingerprint density at radius 1 is 0.931 bits per heavy atom. The number of imidazole rings is 1. The van der Waals surface area contributed by atoms with E-state index in [1.165, 1.54) is 34.0 Å². The zero-order valence-electron chi connectivity index (χ0n) is 18.5. The van der Waals surface area contributed by atoms with Crippen LogP contribution in [0, 0.1) is 27.7 Å². The third kappa shape index (κ3) is 4.22. The molecule has 0 amide bonds. The molecule has 0 bridgehead atoms. The van der Waals surface area contributed by atoms with E-state index in [0.717, 1.165) is 49.9 Å². The fraction of sp³-hybridized carbons (Fsp3) is 0.478. The number of anilines is 1. The molecule has 6 nitrogen and oxygen atoms in total. The van der Waals surface area contributed by atoms with Gasteiger partial charge >= 0.3 is 0 Å². The van der Waals surface area contributed by atoms with Gasteiger partial charge in [0.05, 0.1) is 23.8 Å². The predicted octanol–water partition coefficient (Wildman–Crippen LogP) is 4.25. The number of aryl methyl sites for hydroxylation is 2. The number of hydrogen-bond donors (Lipinski definition) is 2. The molecular formula is C23H33N5O. The SMILES string of the molecule is CC.Cc1c(C)c(C)c2[nH]c(CN3CCN(c4ccc(O)cn4)CC3)nc2c1C. The van der Waals surface area contributed by atoms with Gasteiger partial charge in [0.25, 0.3) is 0 Å². The highest BCUT2D eigenvalue weighted by Gasteiger charge is 2.20. The van der Waals surface area contributed by atoms with Crippen molar-refractivity contribution in [2.75, 3.05) is 31.1 Å². The maximum Gasteiger partial charge on any atom is 0.134 e. The van der Waals surface area contributed by atoms with E-state index >= 15 is 0 Å². The number of aromatic nitrogens is 3. The van der Waals surface area contributed by atoms with E-state index in [9.17, 15) is 5.11 Å². The van der Waals surface area contributed by atoms with E-state index in [1.807, 2.05) is 19.9 Å². The third-order valence-corrected chi connectivity index (χ3v) is 5.97. The van der Waals surface area contributed by atoms with Gasteiger partial charge in [0.15, 0.2) is 0 Å². The van der Waals surface area contributed by atoms with E-state index in [4.69, 9.17) is 4.98 Å². The second-order valence-corrected chi connectivity index (χ2v) is 7.54. The molecule has 1 aliphatic heterocycles. The third-order valence-electron chi connectivity index (χ3n) is 5.97. The molecule has 0 atom stereocenters. The average molecular weight is 396 g/mol. The number of aromatic amines is 1. The van der Waals surface area contributed by atoms with E-state index in [1.54, 1.807) is 6.07 Å². The van der Waals surface area contributed by atoms with Crippen molar-refractivity contribution in [1.82, 2.24) is 19.9 Å². The summed E-state index contributed by atoms with van der Waals surface area (Å²) in [4.78, 5) is 17.5. The number of nitrogens with one attached hydrogen (secondary N) is 1. The van der Waals surface area contributed by atoms with Crippen molar-refractivity contribution in [2.24, 2.45) is 0 Å². The second kappa shape index (κ2) is 8.82. The number of aromatic hydroxyl groups is 1. The molecule has 3 aromatic rings. The molecule has 0 radical (unpaired) electrons. The van der Waals surface area contributed by atoms with Gasteiger partial charge in [-0.1, -0.05) is 13.8 Å². The Balaban J connectivity index is 0.00000117. The van der Waals surface area contributed by atoms with Crippen molar-refractivity contribution in [3.05, 3.63) is 46.4 Å². The predicted molar refractivity (Wildman–Crippen MR) is 120 cm³/mol.